The minimum absolute atomic E-state index is 0.0811. The van der Waals surface area contributed by atoms with Gasteiger partial charge in [0.25, 0.3) is 11.8 Å². The Balaban J connectivity index is 1.70. The van der Waals surface area contributed by atoms with Crippen LogP contribution < -0.4 is 9.30 Å². The van der Waals surface area contributed by atoms with Gasteiger partial charge in [0.15, 0.2) is 5.75 Å². The normalized spacial score (nSPS) is 14.1. The molecule has 14 heteroatoms. The van der Waals surface area contributed by atoms with Crippen LogP contribution in [0.25, 0.3) is 21.8 Å². The maximum atomic E-state index is 13.7. The van der Waals surface area contributed by atoms with Crippen molar-refractivity contribution in [3.63, 3.8) is 0 Å². The predicted molar refractivity (Wildman–Crippen MR) is 126 cm³/mol. The summed E-state index contributed by atoms with van der Waals surface area (Å²) in [5.41, 5.74) is -4.24. The zero-order chi connectivity index (χ0) is 29.7. The standard InChI is InChI=1S/C27H15F6N2O6/c28-26(29,30)16-8-5-9-17(27(31,32)33)23(16)40-24(38)22-14-6-1-3-10-18(14)34(19-11-4-2-7-15(19)22)25(39)41-35-20(36)12-13-21(35)37/h1-11H,12-13H2/q+1. The van der Waals surface area contributed by atoms with E-state index in [4.69, 9.17) is 9.57 Å². The van der Waals surface area contributed by atoms with Crippen molar-refractivity contribution in [2.75, 3.05) is 0 Å². The predicted octanol–water partition coefficient (Wildman–Crippen LogP) is 5.59. The highest BCUT2D eigenvalue weighted by atomic mass is 19.4. The molecule has 0 radical (unpaired) electrons. The molecular weight excluding hydrogens is 562 g/mol. The van der Waals surface area contributed by atoms with Gasteiger partial charge in [0.2, 0.25) is 11.0 Å². The number of hydrogen-bond donors (Lipinski definition) is 0. The summed E-state index contributed by atoms with van der Waals surface area (Å²) in [7, 11) is 0. The van der Waals surface area contributed by atoms with Crippen LogP contribution in [0.15, 0.2) is 66.7 Å². The lowest BCUT2D eigenvalue weighted by molar-refractivity contribution is -0.537. The van der Waals surface area contributed by atoms with Crippen molar-refractivity contribution in [2.24, 2.45) is 0 Å². The number of aromatic nitrogens is 1. The van der Waals surface area contributed by atoms with Gasteiger partial charge >= 0.3 is 24.4 Å². The molecule has 0 bridgehead atoms. The Morgan fingerprint density at radius 2 is 1.17 bits per heavy atom. The number of pyridine rings is 1. The monoisotopic (exact) mass is 577 g/mol. The highest BCUT2D eigenvalue weighted by Gasteiger charge is 2.43. The quantitative estimate of drug-likeness (QED) is 0.0788. The Hall–Kier alpha value is -5.01. The van der Waals surface area contributed by atoms with Crippen molar-refractivity contribution in [3.8, 4) is 5.75 Å². The number of hydroxylamine groups is 2. The number of alkyl halides is 6. The second-order valence-electron chi connectivity index (χ2n) is 8.75. The van der Waals surface area contributed by atoms with Gasteiger partial charge in [-0.05, 0) is 24.3 Å². The van der Waals surface area contributed by atoms with Crippen molar-refractivity contribution in [1.82, 2.24) is 5.06 Å². The molecular formula is C27H15F6N2O6+. The maximum absolute atomic E-state index is 13.7. The third kappa shape index (κ3) is 4.92. The van der Waals surface area contributed by atoms with E-state index < -0.39 is 58.7 Å². The number of para-hydroxylation sites is 3. The Morgan fingerprint density at radius 1 is 0.707 bits per heavy atom. The summed E-state index contributed by atoms with van der Waals surface area (Å²) in [5, 5.41) is 0.0869. The minimum Gasteiger partial charge on any atom is -0.422 e. The van der Waals surface area contributed by atoms with Crippen LogP contribution in [0, 0.1) is 0 Å². The third-order valence-corrected chi connectivity index (χ3v) is 6.21. The number of imide groups is 1. The molecule has 1 saturated heterocycles. The molecule has 0 atom stereocenters. The number of hydrogen-bond acceptors (Lipinski definition) is 6. The molecule has 2 heterocycles. The van der Waals surface area contributed by atoms with E-state index in [1.807, 2.05) is 0 Å². The Morgan fingerprint density at radius 3 is 1.63 bits per heavy atom. The van der Waals surface area contributed by atoms with Crippen molar-refractivity contribution < 1.29 is 59.7 Å². The van der Waals surface area contributed by atoms with Crippen molar-refractivity contribution in [2.45, 2.75) is 25.2 Å². The van der Waals surface area contributed by atoms with E-state index in [0.717, 1.165) is 4.57 Å². The van der Waals surface area contributed by atoms with Crippen LogP contribution in [0.1, 0.15) is 34.3 Å². The van der Waals surface area contributed by atoms with Gasteiger partial charge in [0.1, 0.15) is 0 Å². The van der Waals surface area contributed by atoms with E-state index in [1.165, 1.54) is 48.5 Å². The number of fused-ring (bicyclic) bond motifs is 2. The fourth-order valence-corrected chi connectivity index (χ4v) is 4.47. The van der Waals surface area contributed by atoms with Crippen LogP contribution >= 0.6 is 0 Å². The maximum Gasteiger partial charge on any atom is 0.628 e. The number of carbonyl (C=O) groups is 4. The first kappa shape index (κ1) is 27.6. The number of halogens is 6. The van der Waals surface area contributed by atoms with Crippen molar-refractivity contribution in [3.05, 3.63) is 83.4 Å². The van der Waals surface area contributed by atoms with Crippen molar-refractivity contribution in [1.29, 1.82) is 0 Å². The van der Waals surface area contributed by atoms with Gasteiger partial charge in [-0.2, -0.15) is 31.1 Å². The third-order valence-electron chi connectivity index (χ3n) is 6.21. The van der Waals surface area contributed by atoms with E-state index in [9.17, 15) is 45.5 Å². The first-order chi connectivity index (χ1) is 19.3. The van der Waals surface area contributed by atoms with Crippen LogP contribution in [-0.4, -0.2) is 28.9 Å². The smallest absolute Gasteiger partial charge is 0.422 e. The summed E-state index contributed by atoms with van der Waals surface area (Å²) >= 11 is 0. The van der Waals surface area contributed by atoms with Gasteiger partial charge < -0.3 is 4.74 Å². The van der Waals surface area contributed by atoms with Crippen LogP contribution in [0.5, 0.6) is 5.75 Å². The number of nitrogens with zero attached hydrogens (tertiary/aromatic N) is 2. The number of esters is 1. The number of amides is 2. The van der Waals surface area contributed by atoms with E-state index >= 15 is 0 Å². The van der Waals surface area contributed by atoms with Gasteiger partial charge in [-0.25, -0.2) is 4.79 Å². The van der Waals surface area contributed by atoms with Gasteiger partial charge in [0, 0.05) is 25.0 Å². The average molecular weight is 577 g/mol. The molecule has 0 unspecified atom stereocenters. The zero-order valence-electron chi connectivity index (χ0n) is 20.4. The molecule has 41 heavy (non-hydrogen) atoms. The second-order valence-corrected chi connectivity index (χ2v) is 8.75. The molecule has 0 saturated carbocycles. The van der Waals surface area contributed by atoms with Crippen LogP contribution in [0.3, 0.4) is 0 Å². The Bertz CT molecular complexity index is 1660. The summed E-state index contributed by atoms with van der Waals surface area (Å²) in [6.45, 7) is 0. The van der Waals surface area contributed by atoms with E-state index in [1.54, 1.807) is 0 Å². The van der Waals surface area contributed by atoms with Crippen LogP contribution in [0.2, 0.25) is 0 Å². The van der Waals surface area contributed by atoms with Crippen LogP contribution in [0.4, 0.5) is 31.1 Å². The van der Waals surface area contributed by atoms with E-state index in [2.05, 4.69) is 0 Å². The molecule has 2 amide bonds. The summed E-state index contributed by atoms with van der Waals surface area (Å²) in [6.07, 6.45) is -12.2. The SMILES string of the molecule is O=C(Oc1c(C(F)(F)F)cccc1C(F)(F)F)c1c2ccccc2[n+](C(=O)ON2C(=O)CCC2=O)c2ccccc12. The summed E-state index contributed by atoms with van der Waals surface area (Å²) in [6, 6.07) is 12.1. The van der Waals surface area contributed by atoms with Gasteiger partial charge in [-0.1, -0.05) is 40.0 Å². The molecule has 0 spiro atoms. The molecule has 5 rings (SSSR count). The fourth-order valence-electron chi connectivity index (χ4n) is 4.47. The second kappa shape index (κ2) is 9.87. The number of benzene rings is 3. The molecule has 1 aliphatic rings. The molecule has 1 aliphatic heterocycles. The van der Waals surface area contributed by atoms with Gasteiger partial charge in [0.05, 0.1) is 27.5 Å². The lowest BCUT2D eigenvalue weighted by atomic mass is 10.0. The molecule has 210 valence electrons. The molecule has 3 aromatic carbocycles. The molecule has 1 aromatic heterocycles. The molecule has 4 aromatic rings. The summed E-state index contributed by atoms with van der Waals surface area (Å²) in [5.74, 6) is -4.82. The summed E-state index contributed by atoms with van der Waals surface area (Å²) < 4.78 is 87.8. The first-order valence-electron chi connectivity index (χ1n) is 11.7. The highest BCUT2D eigenvalue weighted by Crippen LogP contribution is 2.44. The number of ether oxygens (including phenoxy) is 1. The number of rotatable bonds is 3. The summed E-state index contributed by atoms with van der Waals surface area (Å²) in [4.78, 5) is 55.7. The molecule has 1 fully saturated rings. The number of carbonyl (C=O) groups excluding carboxylic acids is 4. The lowest BCUT2D eigenvalue weighted by Gasteiger charge is -2.18. The largest absolute Gasteiger partial charge is 0.628 e. The first-order valence-corrected chi connectivity index (χ1v) is 11.7. The highest BCUT2D eigenvalue weighted by molar-refractivity contribution is 6.14. The van der Waals surface area contributed by atoms with Gasteiger partial charge in [-0.3, -0.25) is 14.4 Å². The molecule has 0 aliphatic carbocycles. The Labute approximate surface area is 225 Å². The van der Waals surface area contributed by atoms with E-state index in [-0.39, 0.29) is 34.6 Å². The lowest BCUT2D eigenvalue weighted by Crippen LogP contribution is -2.49. The molecule has 0 N–H and O–H groups in total. The van der Waals surface area contributed by atoms with Crippen LogP contribution in [-0.2, 0) is 26.8 Å². The molecule has 8 nitrogen and oxygen atoms in total. The van der Waals surface area contributed by atoms with Crippen molar-refractivity contribution >= 4 is 45.7 Å². The Kier molecular flexibility index (Phi) is 6.63. The van der Waals surface area contributed by atoms with E-state index in [0.29, 0.717) is 23.3 Å². The average Bonchev–Trinajstić information content (AvgIpc) is 3.22. The minimum atomic E-state index is -5.30. The fraction of sp³-hybridized carbons (Fsp3) is 0.148. The topological polar surface area (TPSA) is 93.9 Å². The van der Waals surface area contributed by atoms with Gasteiger partial charge in [-0.15, -0.1) is 0 Å². The zero-order valence-corrected chi connectivity index (χ0v) is 20.4.